The highest BCUT2D eigenvalue weighted by atomic mass is 16.2. The number of nitrogens with zero attached hydrogens (tertiary/aromatic N) is 1. The molecule has 0 saturated heterocycles. The Morgan fingerprint density at radius 1 is 1.43 bits per heavy atom. The lowest BCUT2D eigenvalue weighted by Crippen LogP contribution is -2.38. The maximum atomic E-state index is 11.5. The van der Waals surface area contributed by atoms with Gasteiger partial charge in [-0.2, -0.15) is 0 Å². The van der Waals surface area contributed by atoms with Crippen LogP contribution in [-0.2, 0) is 4.79 Å². The molecule has 3 heteroatoms. The van der Waals surface area contributed by atoms with E-state index in [0.29, 0.717) is 6.54 Å². The molecular formula is C11H22N2O. The van der Waals surface area contributed by atoms with Gasteiger partial charge in [-0.3, -0.25) is 4.79 Å². The van der Waals surface area contributed by atoms with Crippen molar-refractivity contribution in [2.75, 3.05) is 26.2 Å². The molecule has 1 amide bonds. The highest BCUT2D eigenvalue weighted by Gasteiger charge is 2.07. The lowest BCUT2D eigenvalue weighted by Gasteiger charge is -2.18. The summed E-state index contributed by atoms with van der Waals surface area (Å²) in [5, 5.41) is 3.13. The summed E-state index contributed by atoms with van der Waals surface area (Å²) in [4.78, 5) is 13.3. The standard InChI is InChI=1S/C11H22N2O/c1-4-7-8-9-12-10-11(14)13(5-2)6-3/h4,12H,1,5-10H2,2-3H3. The zero-order valence-corrected chi connectivity index (χ0v) is 9.38. The first-order valence-electron chi connectivity index (χ1n) is 5.35. The largest absolute Gasteiger partial charge is 0.342 e. The number of rotatable bonds is 8. The van der Waals surface area contributed by atoms with Crippen molar-refractivity contribution >= 4 is 5.91 Å². The van der Waals surface area contributed by atoms with Crippen LogP contribution in [0.5, 0.6) is 0 Å². The molecule has 0 aliphatic carbocycles. The predicted octanol–water partition coefficient (Wildman–Crippen LogP) is 1.41. The van der Waals surface area contributed by atoms with Gasteiger partial charge in [-0.25, -0.2) is 0 Å². The average Bonchev–Trinajstić information content (AvgIpc) is 2.19. The number of hydrogen-bond donors (Lipinski definition) is 1. The highest BCUT2D eigenvalue weighted by Crippen LogP contribution is 1.89. The fourth-order valence-corrected chi connectivity index (χ4v) is 1.25. The number of carbonyl (C=O) groups is 1. The summed E-state index contributed by atoms with van der Waals surface area (Å²) in [6, 6.07) is 0. The van der Waals surface area contributed by atoms with E-state index in [4.69, 9.17) is 0 Å². The number of allylic oxidation sites excluding steroid dienone is 1. The first-order chi connectivity index (χ1) is 6.76. The molecule has 0 saturated carbocycles. The van der Waals surface area contributed by atoms with Crippen LogP contribution >= 0.6 is 0 Å². The topological polar surface area (TPSA) is 32.3 Å². The summed E-state index contributed by atoms with van der Waals surface area (Å²) in [7, 11) is 0. The van der Waals surface area contributed by atoms with Crippen molar-refractivity contribution in [2.45, 2.75) is 26.7 Å². The molecule has 3 nitrogen and oxygen atoms in total. The Kier molecular flexibility index (Phi) is 8.24. The van der Waals surface area contributed by atoms with Crippen LogP contribution < -0.4 is 5.32 Å². The normalized spacial score (nSPS) is 9.86. The first kappa shape index (κ1) is 13.2. The highest BCUT2D eigenvalue weighted by molar-refractivity contribution is 5.78. The quantitative estimate of drug-likeness (QED) is 0.472. The van der Waals surface area contributed by atoms with Gasteiger partial charge in [-0.15, -0.1) is 6.58 Å². The van der Waals surface area contributed by atoms with Gasteiger partial charge in [0.25, 0.3) is 0 Å². The van der Waals surface area contributed by atoms with Crippen molar-refractivity contribution in [3.05, 3.63) is 12.7 Å². The van der Waals surface area contributed by atoms with Crippen LogP contribution in [-0.4, -0.2) is 37.0 Å². The Labute approximate surface area is 87.2 Å². The minimum Gasteiger partial charge on any atom is -0.342 e. The van der Waals surface area contributed by atoms with Gasteiger partial charge in [0.1, 0.15) is 0 Å². The number of amides is 1. The molecule has 0 heterocycles. The van der Waals surface area contributed by atoms with E-state index in [0.717, 1.165) is 32.5 Å². The third kappa shape index (κ3) is 5.75. The summed E-state index contributed by atoms with van der Waals surface area (Å²) >= 11 is 0. The fourth-order valence-electron chi connectivity index (χ4n) is 1.25. The van der Waals surface area contributed by atoms with E-state index in [1.54, 1.807) is 0 Å². The number of carbonyl (C=O) groups excluding carboxylic acids is 1. The van der Waals surface area contributed by atoms with Crippen molar-refractivity contribution in [3.8, 4) is 0 Å². The molecule has 0 aliphatic heterocycles. The van der Waals surface area contributed by atoms with Crippen molar-refractivity contribution in [1.29, 1.82) is 0 Å². The van der Waals surface area contributed by atoms with Crippen LogP contribution in [0.2, 0.25) is 0 Å². The van der Waals surface area contributed by atoms with E-state index in [1.165, 1.54) is 0 Å². The monoisotopic (exact) mass is 198 g/mol. The SMILES string of the molecule is C=CCCCNCC(=O)N(CC)CC. The van der Waals surface area contributed by atoms with Crippen LogP contribution in [0.1, 0.15) is 26.7 Å². The average molecular weight is 198 g/mol. The van der Waals surface area contributed by atoms with Gasteiger partial charge >= 0.3 is 0 Å². The summed E-state index contributed by atoms with van der Waals surface area (Å²) in [6.07, 6.45) is 3.95. The molecule has 0 radical (unpaired) electrons. The molecule has 1 N–H and O–H groups in total. The summed E-state index contributed by atoms with van der Waals surface area (Å²) in [5.74, 6) is 0.189. The molecule has 0 spiro atoms. The maximum absolute atomic E-state index is 11.5. The van der Waals surface area contributed by atoms with Crippen LogP contribution in [0.3, 0.4) is 0 Å². The minimum absolute atomic E-state index is 0.189. The van der Waals surface area contributed by atoms with Crippen LogP contribution in [0, 0.1) is 0 Å². The fraction of sp³-hybridized carbons (Fsp3) is 0.727. The number of unbranched alkanes of at least 4 members (excludes halogenated alkanes) is 1. The molecule has 0 aromatic rings. The Hall–Kier alpha value is -0.830. The van der Waals surface area contributed by atoms with Crippen LogP contribution in [0.25, 0.3) is 0 Å². The second-order valence-electron chi connectivity index (χ2n) is 3.17. The lowest BCUT2D eigenvalue weighted by molar-refractivity contribution is -0.129. The summed E-state index contributed by atoms with van der Waals surface area (Å²) in [6.45, 7) is 10.6. The van der Waals surface area contributed by atoms with Crippen molar-refractivity contribution in [3.63, 3.8) is 0 Å². The minimum atomic E-state index is 0.189. The van der Waals surface area contributed by atoms with E-state index in [2.05, 4.69) is 11.9 Å². The van der Waals surface area contributed by atoms with Gasteiger partial charge in [-0.1, -0.05) is 6.08 Å². The molecule has 0 bridgehead atoms. The predicted molar refractivity (Wildman–Crippen MR) is 60.2 cm³/mol. The van der Waals surface area contributed by atoms with Gasteiger partial charge in [0.05, 0.1) is 6.54 Å². The van der Waals surface area contributed by atoms with Crippen molar-refractivity contribution in [2.24, 2.45) is 0 Å². The Bertz CT molecular complexity index is 165. The van der Waals surface area contributed by atoms with E-state index in [1.807, 2.05) is 24.8 Å². The molecule has 0 atom stereocenters. The van der Waals surface area contributed by atoms with E-state index >= 15 is 0 Å². The molecular weight excluding hydrogens is 176 g/mol. The van der Waals surface area contributed by atoms with Crippen LogP contribution in [0.15, 0.2) is 12.7 Å². The van der Waals surface area contributed by atoms with E-state index < -0.39 is 0 Å². The molecule has 14 heavy (non-hydrogen) atoms. The van der Waals surface area contributed by atoms with Crippen LogP contribution in [0.4, 0.5) is 0 Å². The van der Waals surface area contributed by atoms with Crippen molar-refractivity contribution < 1.29 is 4.79 Å². The van der Waals surface area contributed by atoms with E-state index in [-0.39, 0.29) is 5.91 Å². The molecule has 0 aliphatic rings. The summed E-state index contributed by atoms with van der Waals surface area (Å²) < 4.78 is 0. The lowest BCUT2D eigenvalue weighted by atomic mass is 10.3. The maximum Gasteiger partial charge on any atom is 0.236 e. The number of likely N-dealkylation sites (N-methyl/N-ethyl adjacent to an activating group) is 1. The zero-order chi connectivity index (χ0) is 10.8. The van der Waals surface area contributed by atoms with E-state index in [9.17, 15) is 4.79 Å². The molecule has 0 fully saturated rings. The number of nitrogens with one attached hydrogen (secondary N) is 1. The smallest absolute Gasteiger partial charge is 0.236 e. The Morgan fingerprint density at radius 3 is 2.57 bits per heavy atom. The zero-order valence-electron chi connectivity index (χ0n) is 9.38. The van der Waals surface area contributed by atoms with Gasteiger partial charge in [0, 0.05) is 13.1 Å². The second-order valence-corrected chi connectivity index (χ2v) is 3.17. The summed E-state index contributed by atoms with van der Waals surface area (Å²) in [5.41, 5.74) is 0. The molecule has 0 aromatic heterocycles. The molecule has 82 valence electrons. The first-order valence-corrected chi connectivity index (χ1v) is 5.35. The number of hydrogen-bond acceptors (Lipinski definition) is 2. The van der Waals surface area contributed by atoms with Gasteiger partial charge < -0.3 is 10.2 Å². The van der Waals surface area contributed by atoms with Crippen molar-refractivity contribution in [1.82, 2.24) is 10.2 Å². The third-order valence-corrected chi connectivity index (χ3v) is 2.15. The second kappa shape index (κ2) is 8.75. The Morgan fingerprint density at radius 2 is 2.07 bits per heavy atom. The Balaban J connectivity index is 3.47. The van der Waals surface area contributed by atoms with Gasteiger partial charge in [0.2, 0.25) is 5.91 Å². The van der Waals surface area contributed by atoms with Gasteiger partial charge in [-0.05, 0) is 33.2 Å². The molecule has 0 unspecified atom stereocenters. The van der Waals surface area contributed by atoms with Gasteiger partial charge in [0.15, 0.2) is 0 Å². The molecule has 0 rings (SSSR count). The third-order valence-electron chi connectivity index (χ3n) is 2.15. The molecule has 0 aromatic carbocycles.